The first kappa shape index (κ1) is 14.7. The van der Waals surface area contributed by atoms with Crippen LogP contribution in [0.25, 0.3) is 0 Å². The SMILES string of the molecule is C=C(C)COc1ccc(C(CO)NCCC)cc1. The van der Waals surface area contributed by atoms with Crippen LogP contribution >= 0.6 is 0 Å². The van der Waals surface area contributed by atoms with E-state index in [4.69, 9.17) is 4.74 Å². The third-order valence-corrected chi connectivity index (χ3v) is 2.59. The average Bonchev–Trinajstić information content (AvgIpc) is 2.38. The molecule has 0 bridgehead atoms. The summed E-state index contributed by atoms with van der Waals surface area (Å²) in [7, 11) is 0. The van der Waals surface area contributed by atoms with Crippen LogP contribution in [0.4, 0.5) is 0 Å². The van der Waals surface area contributed by atoms with Crippen molar-refractivity contribution >= 4 is 0 Å². The van der Waals surface area contributed by atoms with Crippen molar-refractivity contribution in [2.75, 3.05) is 19.8 Å². The molecule has 1 aromatic rings. The van der Waals surface area contributed by atoms with E-state index in [1.165, 1.54) is 0 Å². The highest BCUT2D eigenvalue weighted by Crippen LogP contribution is 2.18. The first-order chi connectivity index (χ1) is 8.67. The minimum absolute atomic E-state index is 0.000130. The fourth-order valence-corrected chi connectivity index (χ4v) is 1.61. The Labute approximate surface area is 109 Å². The molecule has 1 aromatic carbocycles. The Morgan fingerprint density at radius 3 is 2.56 bits per heavy atom. The summed E-state index contributed by atoms with van der Waals surface area (Å²) in [6.45, 7) is 9.38. The molecule has 1 atom stereocenters. The second kappa shape index (κ2) is 7.90. The highest BCUT2D eigenvalue weighted by atomic mass is 16.5. The second-order valence-corrected chi connectivity index (χ2v) is 4.50. The topological polar surface area (TPSA) is 41.5 Å². The monoisotopic (exact) mass is 249 g/mol. The van der Waals surface area contributed by atoms with E-state index in [0.29, 0.717) is 6.61 Å². The second-order valence-electron chi connectivity index (χ2n) is 4.50. The van der Waals surface area contributed by atoms with Gasteiger partial charge in [-0.15, -0.1) is 0 Å². The third-order valence-electron chi connectivity index (χ3n) is 2.59. The molecule has 3 nitrogen and oxygen atoms in total. The van der Waals surface area contributed by atoms with Crippen LogP contribution in [0.2, 0.25) is 0 Å². The molecule has 0 saturated carbocycles. The van der Waals surface area contributed by atoms with Gasteiger partial charge >= 0.3 is 0 Å². The van der Waals surface area contributed by atoms with Gasteiger partial charge in [0.05, 0.1) is 12.6 Å². The van der Waals surface area contributed by atoms with Gasteiger partial charge in [0.1, 0.15) is 12.4 Å². The lowest BCUT2D eigenvalue weighted by atomic mass is 10.1. The largest absolute Gasteiger partial charge is 0.489 e. The van der Waals surface area contributed by atoms with Crippen LogP contribution < -0.4 is 10.1 Å². The summed E-state index contributed by atoms with van der Waals surface area (Å²) in [6.07, 6.45) is 1.05. The van der Waals surface area contributed by atoms with Gasteiger partial charge in [-0.3, -0.25) is 0 Å². The minimum atomic E-state index is 0.000130. The number of nitrogens with one attached hydrogen (secondary N) is 1. The number of aliphatic hydroxyl groups is 1. The summed E-state index contributed by atoms with van der Waals surface area (Å²) >= 11 is 0. The van der Waals surface area contributed by atoms with E-state index in [0.717, 1.165) is 29.9 Å². The molecule has 1 rings (SSSR count). The number of benzene rings is 1. The molecule has 0 aliphatic heterocycles. The molecule has 0 aliphatic carbocycles. The molecule has 2 N–H and O–H groups in total. The quantitative estimate of drug-likeness (QED) is 0.696. The van der Waals surface area contributed by atoms with E-state index >= 15 is 0 Å². The van der Waals surface area contributed by atoms with Crippen molar-refractivity contribution in [3.63, 3.8) is 0 Å². The van der Waals surface area contributed by atoms with Gasteiger partial charge in [0.25, 0.3) is 0 Å². The Kier molecular flexibility index (Phi) is 6.47. The van der Waals surface area contributed by atoms with Gasteiger partial charge in [-0.2, -0.15) is 0 Å². The third kappa shape index (κ3) is 4.90. The minimum Gasteiger partial charge on any atom is -0.489 e. The van der Waals surface area contributed by atoms with Gasteiger partial charge in [-0.1, -0.05) is 25.6 Å². The normalized spacial score (nSPS) is 12.2. The number of hydrogen-bond donors (Lipinski definition) is 2. The molecular formula is C15H23NO2. The van der Waals surface area contributed by atoms with E-state index in [2.05, 4.69) is 18.8 Å². The van der Waals surface area contributed by atoms with Crippen LogP contribution in [-0.2, 0) is 0 Å². The van der Waals surface area contributed by atoms with Gasteiger partial charge < -0.3 is 15.2 Å². The summed E-state index contributed by atoms with van der Waals surface area (Å²) in [6, 6.07) is 7.82. The van der Waals surface area contributed by atoms with Crippen molar-refractivity contribution in [2.24, 2.45) is 0 Å². The maximum Gasteiger partial charge on any atom is 0.119 e. The Hall–Kier alpha value is -1.32. The van der Waals surface area contributed by atoms with Gasteiger partial charge in [0.15, 0.2) is 0 Å². The van der Waals surface area contributed by atoms with Crippen LogP contribution in [0.1, 0.15) is 31.9 Å². The molecule has 0 fully saturated rings. The molecule has 100 valence electrons. The first-order valence-corrected chi connectivity index (χ1v) is 6.38. The Bertz CT molecular complexity index is 359. The highest BCUT2D eigenvalue weighted by molar-refractivity contribution is 5.29. The number of hydrogen-bond acceptors (Lipinski definition) is 3. The maximum atomic E-state index is 9.35. The highest BCUT2D eigenvalue weighted by Gasteiger charge is 2.08. The van der Waals surface area contributed by atoms with Gasteiger partial charge in [0.2, 0.25) is 0 Å². The zero-order chi connectivity index (χ0) is 13.4. The lowest BCUT2D eigenvalue weighted by molar-refractivity contribution is 0.244. The molecule has 0 heterocycles. The lowest BCUT2D eigenvalue weighted by Crippen LogP contribution is -2.24. The zero-order valence-electron chi connectivity index (χ0n) is 11.3. The Morgan fingerprint density at radius 2 is 2.06 bits per heavy atom. The van der Waals surface area contributed by atoms with E-state index in [-0.39, 0.29) is 12.6 Å². The Balaban J connectivity index is 2.59. The summed E-state index contributed by atoms with van der Waals surface area (Å²) < 4.78 is 5.53. The summed E-state index contributed by atoms with van der Waals surface area (Å²) in [5.41, 5.74) is 2.07. The van der Waals surface area contributed by atoms with Crippen molar-refractivity contribution in [1.29, 1.82) is 0 Å². The van der Waals surface area contributed by atoms with Gasteiger partial charge in [-0.25, -0.2) is 0 Å². The molecule has 3 heteroatoms. The molecule has 0 aliphatic rings. The molecule has 0 radical (unpaired) electrons. The van der Waals surface area contributed by atoms with E-state index < -0.39 is 0 Å². The van der Waals surface area contributed by atoms with Crippen LogP contribution in [0, 0.1) is 0 Å². The Morgan fingerprint density at radius 1 is 1.39 bits per heavy atom. The number of rotatable bonds is 8. The number of ether oxygens (including phenoxy) is 1. The fraction of sp³-hybridized carbons (Fsp3) is 0.467. The van der Waals surface area contributed by atoms with Crippen molar-refractivity contribution in [2.45, 2.75) is 26.3 Å². The average molecular weight is 249 g/mol. The van der Waals surface area contributed by atoms with Crippen LogP contribution in [0.3, 0.4) is 0 Å². The van der Waals surface area contributed by atoms with Gasteiger partial charge in [-0.05, 0) is 43.2 Å². The molecule has 0 saturated heterocycles. The maximum absolute atomic E-state index is 9.35. The summed E-state index contributed by atoms with van der Waals surface area (Å²) in [4.78, 5) is 0. The van der Waals surface area contributed by atoms with Crippen LogP contribution in [0.5, 0.6) is 5.75 Å². The van der Waals surface area contributed by atoms with E-state index in [1.54, 1.807) is 0 Å². The van der Waals surface area contributed by atoms with Crippen molar-refractivity contribution in [3.05, 3.63) is 42.0 Å². The van der Waals surface area contributed by atoms with E-state index in [1.807, 2.05) is 31.2 Å². The zero-order valence-corrected chi connectivity index (χ0v) is 11.3. The predicted octanol–water partition coefficient (Wildman–Crippen LogP) is 2.67. The van der Waals surface area contributed by atoms with Gasteiger partial charge in [0, 0.05) is 0 Å². The molecule has 18 heavy (non-hydrogen) atoms. The summed E-state index contributed by atoms with van der Waals surface area (Å²) in [5, 5.41) is 12.6. The predicted molar refractivity (Wildman–Crippen MR) is 74.9 cm³/mol. The molecule has 0 aromatic heterocycles. The number of aliphatic hydroxyl groups excluding tert-OH is 1. The smallest absolute Gasteiger partial charge is 0.119 e. The van der Waals surface area contributed by atoms with E-state index in [9.17, 15) is 5.11 Å². The molecule has 0 spiro atoms. The first-order valence-electron chi connectivity index (χ1n) is 6.38. The fourth-order valence-electron chi connectivity index (χ4n) is 1.61. The van der Waals surface area contributed by atoms with Crippen molar-refractivity contribution in [1.82, 2.24) is 5.32 Å². The standard InChI is InChI=1S/C15H23NO2/c1-4-9-16-15(10-17)13-5-7-14(8-6-13)18-11-12(2)3/h5-8,15-17H,2,4,9-11H2,1,3H3. The summed E-state index contributed by atoms with van der Waals surface area (Å²) in [5.74, 6) is 0.828. The molecular weight excluding hydrogens is 226 g/mol. The lowest BCUT2D eigenvalue weighted by Gasteiger charge is -2.16. The van der Waals surface area contributed by atoms with Crippen LogP contribution in [-0.4, -0.2) is 24.9 Å². The molecule has 1 unspecified atom stereocenters. The molecule has 0 amide bonds. The van der Waals surface area contributed by atoms with Crippen molar-refractivity contribution < 1.29 is 9.84 Å². The van der Waals surface area contributed by atoms with Crippen molar-refractivity contribution in [3.8, 4) is 5.75 Å². The van der Waals surface area contributed by atoms with Crippen LogP contribution in [0.15, 0.2) is 36.4 Å².